The molecular weight excluding hydrogens is 454 g/mol. The third-order valence-corrected chi connectivity index (χ3v) is 7.31. The van der Waals surface area contributed by atoms with Crippen LogP contribution in [0.2, 0.25) is 0 Å². The number of aromatic nitrogens is 3. The molecule has 0 aliphatic carbocycles. The first kappa shape index (κ1) is 22.7. The molecule has 3 aliphatic rings. The Morgan fingerprint density at radius 3 is 2.61 bits per heavy atom. The SMILES string of the molecule is [B]c1cnn2c(NCc3ccc(C(=O)NC4CN5CCC4CC5)cc3)cc(-c3ccccc3F)nc12. The molecule has 180 valence electrons. The van der Waals surface area contributed by atoms with Gasteiger partial charge in [-0.3, -0.25) is 4.79 Å². The van der Waals surface area contributed by atoms with Crippen LogP contribution in [0.25, 0.3) is 16.9 Å². The molecule has 7 nitrogen and oxygen atoms in total. The van der Waals surface area contributed by atoms with E-state index in [1.807, 2.05) is 24.3 Å². The highest BCUT2D eigenvalue weighted by molar-refractivity contribution is 6.36. The average molecular weight is 480 g/mol. The molecule has 2 aromatic carbocycles. The monoisotopic (exact) mass is 480 g/mol. The molecule has 3 aliphatic heterocycles. The molecule has 5 heterocycles. The number of fused-ring (bicyclic) bond motifs is 4. The first-order valence-corrected chi connectivity index (χ1v) is 12.3. The Morgan fingerprint density at radius 1 is 1.11 bits per heavy atom. The first-order chi connectivity index (χ1) is 17.5. The van der Waals surface area contributed by atoms with Crippen molar-refractivity contribution in [1.82, 2.24) is 24.8 Å². The lowest BCUT2D eigenvalue weighted by Crippen LogP contribution is -2.57. The molecule has 0 saturated carbocycles. The van der Waals surface area contributed by atoms with Gasteiger partial charge in [0, 0.05) is 42.5 Å². The molecule has 3 saturated heterocycles. The number of benzene rings is 2. The highest BCUT2D eigenvalue weighted by Crippen LogP contribution is 2.28. The molecule has 2 radical (unpaired) electrons. The van der Waals surface area contributed by atoms with Crippen LogP contribution in [0, 0.1) is 11.7 Å². The molecule has 1 atom stereocenters. The zero-order chi connectivity index (χ0) is 24.6. The summed E-state index contributed by atoms with van der Waals surface area (Å²) in [6.07, 6.45) is 3.86. The fourth-order valence-corrected chi connectivity index (χ4v) is 5.26. The van der Waals surface area contributed by atoms with E-state index in [1.165, 1.54) is 25.1 Å². The van der Waals surface area contributed by atoms with Crippen molar-refractivity contribution in [3.05, 3.63) is 77.7 Å². The van der Waals surface area contributed by atoms with Gasteiger partial charge in [-0.25, -0.2) is 9.37 Å². The number of rotatable bonds is 6. The van der Waals surface area contributed by atoms with Crippen LogP contribution in [0.1, 0.15) is 28.8 Å². The highest BCUT2D eigenvalue weighted by atomic mass is 19.1. The number of halogens is 1. The number of carbonyl (C=O) groups excluding carboxylic acids is 1. The number of nitrogens with zero attached hydrogens (tertiary/aromatic N) is 4. The number of carbonyl (C=O) groups is 1. The van der Waals surface area contributed by atoms with E-state index in [0.717, 1.165) is 25.2 Å². The largest absolute Gasteiger partial charge is 0.366 e. The standard InChI is InChI=1S/C27H26BFN6O/c28-21-15-31-35-25(13-23(32-26(21)35)20-3-1-2-4-22(20)29)30-14-17-5-7-19(8-6-17)27(36)33-24-16-34-11-9-18(24)10-12-34/h1-8,13,15,18,24,30H,9-12,14,16H2,(H,33,36). The molecule has 1 unspecified atom stereocenters. The Bertz CT molecular complexity index is 1410. The molecule has 4 aromatic rings. The van der Waals surface area contributed by atoms with Crippen molar-refractivity contribution in [3.63, 3.8) is 0 Å². The van der Waals surface area contributed by atoms with Crippen molar-refractivity contribution in [2.75, 3.05) is 25.0 Å². The normalized spacial score (nSPS) is 21.0. The molecular formula is C27H26BFN6O. The molecule has 1 amide bonds. The van der Waals surface area contributed by atoms with Gasteiger partial charge in [-0.05, 0) is 67.1 Å². The van der Waals surface area contributed by atoms with Gasteiger partial charge in [-0.1, -0.05) is 24.3 Å². The van der Waals surface area contributed by atoms with Crippen LogP contribution in [-0.2, 0) is 6.54 Å². The van der Waals surface area contributed by atoms with Crippen molar-refractivity contribution < 1.29 is 9.18 Å². The van der Waals surface area contributed by atoms with Crippen LogP contribution in [0.5, 0.6) is 0 Å². The maximum Gasteiger partial charge on any atom is 0.251 e. The third-order valence-electron chi connectivity index (χ3n) is 7.31. The highest BCUT2D eigenvalue weighted by Gasteiger charge is 2.34. The van der Waals surface area contributed by atoms with Crippen molar-refractivity contribution in [3.8, 4) is 11.3 Å². The second-order valence-corrected chi connectivity index (χ2v) is 9.61. The number of anilines is 1. The summed E-state index contributed by atoms with van der Waals surface area (Å²) in [4.78, 5) is 19.8. The van der Waals surface area contributed by atoms with Crippen LogP contribution < -0.4 is 16.1 Å². The lowest BCUT2D eigenvalue weighted by atomic mass is 9.84. The predicted molar refractivity (Wildman–Crippen MR) is 138 cm³/mol. The Kier molecular flexibility index (Phi) is 5.93. The molecule has 36 heavy (non-hydrogen) atoms. The molecule has 0 spiro atoms. The summed E-state index contributed by atoms with van der Waals surface area (Å²) in [7, 11) is 6.06. The summed E-state index contributed by atoms with van der Waals surface area (Å²) in [6.45, 7) is 3.73. The number of amides is 1. The second kappa shape index (κ2) is 9.39. The molecule has 7 rings (SSSR count). The number of hydrogen-bond donors (Lipinski definition) is 2. The molecule has 3 fully saturated rings. The topological polar surface area (TPSA) is 74.6 Å². The van der Waals surface area contributed by atoms with Gasteiger partial charge < -0.3 is 15.5 Å². The molecule has 2 aromatic heterocycles. The lowest BCUT2D eigenvalue weighted by Gasteiger charge is -2.44. The maximum atomic E-state index is 14.4. The van der Waals surface area contributed by atoms with Gasteiger partial charge in [-0.2, -0.15) is 9.61 Å². The smallest absolute Gasteiger partial charge is 0.251 e. The van der Waals surface area contributed by atoms with Crippen molar-refractivity contribution in [1.29, 1.82) is 0 Å². The molecule has 2 N–H and O–H groups in total. The Hall–Kier alpha value is -3.72. The zero-order valence-corrected chi connectivity index (χ0v) is 19.8. The van der Waals surface area contributed by atoms with Gasteiger partial charge in [0.15, 0.2) is 5.65 Å². The summed E-state index contributed by atoms with van der Waals surface area (Å²) in [5.74, 6) is 0.848. The number of nitrogens with one attached hydrogen (secondary N) is 2. The van der Waals surface area contributed by atoms with Crippen molar-refractivity contribution in [2.45, 2.75) is 25.4 Å². The van der Waals surface area contributed by atoms with Crippen LogP contribution in [0.4, 0.5) is 10.2 Å². The van der Waals surface area contributed by atoms with Gasteiger partial charge >= 0.3 is 0 Å². The number of hydrogen-bond acceptors (Lipinski definition) is 5. The van der Waals surface area contributed by atoms with Crippen molar-refractivity contribution >= 4 is 30.7 Å². The fourth-order valence-electron chi connectivity index (χ4n) is 5.26. The van der Waals surface area contributed by atoms with Crippen molar-refractivity contribution in [2.24, 2.45) is 5.92 Å². The maximum absolute atomic E-state index is 14.4. The number of piperidine rings is 3. The first-order valence-electron chi connectivity index (χ1n) is 12.3. The lowest BCUT2D eigenvalue weighted by molar-refractivity contribution is 0.0620. The van der Waals surface area contributed by atoms with Gasteiger partial charge in [0.05, 0.1) is 5.69 Å². The summed E-state index contributed by atoms with van der Waals surface area (Å²) in [5.41, 5.74) is 3.37. The minimum Gasteiger partial charge on any atom is -0.366 e. The minimum atomic E-state index is -0.356. The Morgan fingerprint density at radius 2 is 1.89 bits per heavy atom. The Balaban J connectivity index is 1.17. The van der Waals surface area contributed by atoms with E-state index < -0.39 is 0 Å². The van der Waals surface area contributed by atoms with Crippen LogP contribution in [-0.4, -0.2) is 58.9 Å². The van der Waals surface area contributed by atoms with Crippen LogP contribution >= 0.6 is 0 Å². The second-order valence-electron chi connectivity index (χ2n) is 9.61. The third kappa shape index (κ3) is 4.35. The minimum absolute atomic E-state index is 0.0225. The molecule has 9 heteroatoms. The quantitative estimate of drug-likeness (QED) is 0.416. The molecule has 2 bridgehead atoms. The van der Waals surface area contributed by atoms with Gasteiger partial charge in [-0.15, -0.1) is 0 Å². The summed E-state index contributed by atoms with van der Waals surface area (Å²) >= 11 is 0. The van der Waals surface area contributed by atoms with Gasteiger partial charge in [0.1, 0.15) is 19.5 Å². The van der Waals surface area contributed by atoms with Crippen LogP contribution in [0.15, 0.2) is 60.8 Å². The fraction of sp³-hybridized carbons (Fsp3) is 0.296. The van der Waals surface area contributed by atoms with E-state index in [0.29, 0.717) is 46.2 Å². The summed E-state index contributed by atoms with van der Waals surface area (Å²) < 4.78 is 16.0. The van der Waals surface area contributed by atoms with E-state index in [1.54, 1.807) is 28.8 Å². The predicted octanol–water partition coefficient (Wildman–Crippen LogP) is 2.77. The summed E-state index contributed by atoms with van der Waals surface area (Å²) in [6, 6.07) is 16.1. The van der Waals surface area contributed by atoms with E-state index in [9.17, 15) is 9.18 Å². The average Bonchev–Trinajstić information content (AvgIpc) is 3.29. The van der Waals surface area contributed by atoms with E-state index in [-0.39, 0.29) is 17.8 Å². The van der Waals surface area contributed by atoms with Gasteiger partial charge in [0.2, 0.25) is 0 Å². The zero-order valence-electron chi connectivity index (χ0n) is 19.8. The van der Waals surface area contributed by atoms with Gasteiger partial charge in [0.25, 0.3) is 5.91 Å². The summed E-state index contributed by atoms with van der Waals surface area (Å²) in [5, 5.41) is 10.9. The van der Waals surface area contributed by atoms with Crippen LogP contribution in [0.3, 0.4) is 0 Å². The van der Waals surface area contributed by atoms with E-state index in [4.69, 9.17) is 7.85 Å². The van der Waals surface area contributed by atoms with E-state index >= 15 is 0 Å². The Labute approximate surface area is 210 Å². The van der Waals surface area contributed by atoms with E-state index in [2.05, 4.69) is 25.6 Å².